The highest BCUT2D eigenvalue weighted by molar-refractivity contribution is 5.96. The molecule has 1 N–H and O–H groups in total. The summed E-state index contributed by atoms with van der Waals surface area (Å²) >= 11 is 0. The minimum atomic E-state index is -0.167. The predicted molar refractivity (Wildman–Crippen MR) is 124 cm³/mol. The summed E-state index contributed by atoms with van der Waals surface area (Å²) in [5.41, 5.74) is 6.16. The molecule has 0 aliphatic heterocycles. The van der Waals surface area contributed by atoms with Crippen LogP contribution in [0.15, 0.2) is 60.8 Å². The number of hydrogen-bond donors (Lipinski definition) is 1. The van der Waals surface area contributed by atoms with Gasteiger partial charge in [0.1, 0.15) is 0 Å². The molecule has 0 aliphatic carbocycles. The molecule has 7 nitrogen and oxygen atoms in total. The fourth-order valence-corrected chi connectivity index (χ4v) is 3.38. The Morgan fingerprint density at radius 2 is 1.75 bits per heavy atom. The van der Waals surface area contributed by atoms with Crippen LogP contribution in [-0.4, -0.2) is 31.1 Å². The molecule has 0 saturated carbocycles. The standard InChI is InChI=1S/C25H26N6O/c1-16(2)24-28-29-30-31(24)22-12-20(23-10-7-18(4)14-26-23)11-21(13-22)25(32)27-15-19-8-5-17(3)6-9-19/h5-14,16H,15H2,1-4H3,(H,27,32). The number of carbonyl (C=O) groups is 1. The number of pyridine rings is 1. The van der Waals surface area contributed by atoms with E-state index in [2.05, 4.69) is 25.8 Å². The number of amides is 1. The van der Waals surface area contributed by atoms with Crippen LogP contribution in [0.1, 0.15) is 52.6 Å². The molecule has 2 heterocycles. The molecule has 162 valence electrons. The lowest BCUT2D eigenvalue weighted by molar-refractivity contribution is 0.0951. The first-order valence-corrected chi connectivity index (χ1v) is 10.6. The van der Waals surface area contributed by atoms with Gasteiger partial charge in [-0.2, -0.15) is 4.68 Å². The van der Waals surface area contributed by atoms with E-state index in [1.165, 1.54) is 5.56 Å². The van der Waals surface area contributed by atoms with E-state index in [-0.39, 0.29) is 11.8 Å². The summed E-state index contributed by atoms with van der Waals surface area (Å²) in [6.45, 7) is 8.54. The molecular weight excluding hydrogens is 400 g/mol. The van der Waals surface area contributed by atoms with E-state index in [4.69, 9.17) is 0 Å². The average Bonchev–Trinajstić information content (AvgIpc) is 3.29. The van der Waals surface area contributed by atoms with E-state index in [0.29, 0.717) is 12.1 Å². The maximum absolute atomic E-state index is 13.1. The third kappa shape index (κ3) is 4.72. The summed E-state index contributed by atoms with van der Waals surface area (Å²) in [5.74, 6) is 0.690. The molecule has 4 aromatic rings. The molecule has 2 aromatic carbocycles. The lowest BCUT2D eigenvalue weighted by Gasteiger charge is -2.12. The smallest absolute Gasteiger partial charge is 0.251 e. The number of benzene rings is 2. The zero-order valence-electron chi connectivity index (χ0n) is 18.7. The van der Waals surface area contributed by atoms with Crippen LogP contribution in [0.2, 0.25) is 0 Å². The lowest BCUT2D eigenvalue weighted by atomic mass is 10.0. The van der Waals surface area contributed by atoms with Crippen molar-refractivity contribution in [2.45, 2.75) is 40.2 Å². The second-order valence-electron chi connectivity index (χ2n) is 8.26. The number of nitrogens with one attached hydrogen (secondary N) is 1. The Labute approximate surface area is 187 Å². The Balaban J connectivity index is 1.71. The van der Waals surface area contributed by atoms with E-state index >= 15 is 0 Å². The molecule has 0 saturated heterocycles. The van der Waals surface area contributed by atoms with Crippen molar-refractivity contribution in [3.8, 4) is 16.9 Å². The van der Waals surface area contributed by atoms with Gasteiger partial charge >= 0.3 is 0 Å². The summed E-state index contributed by atoms with van der Waals surface area (Å²) in [6, 6.07) is 17.7. The number of tetrazole rings is 1. The van der Waals surface area contributed by atoms with E-state index in [1.807, 2.05) is 88.5 Å². The number of hydrogen-bond acceptors (Lipinski definition) is 5. The predicted octanol–water partition coefficient (Wildman–Crippen LogP) is 4.39. The van der Waals surface area contributed by atoms with Gasteiger partial charge in [-0.25, -0.2) is 0 Å². The quantitative estimate of drug-likeness (QED) is 0.494. The van der Waals surface area contributed by atoms with Crippen molar-refractivity contribution in [1.29, 1.82) is 0 Å². The van der Waals surface area contributed by atoms with Crippen molar-refractivity contribution in [2.75, 3.05) is 0 Å². The van der Waals surface area contributed by atoms with E-state index in [9.17, 15) is 4.79 Å². The first-order chi connectivity index (χ1) is 15.4. The molecule has 7 heteroatoms. The molecular formula is C25H26N6O. The first-order valence-electron chi connectivity index (χ1n) is 10.6. The van der Waals surface area contributed by atoms with Crippen LogP contribution in [0.3, 0.4) is 0 Å². The number of nitrogens with zero attached hydrogens (tertiary/aromatic N) is 5. The monoisotopic (exact) mass is 426 g/mol. The van der Waals surface area contributed by atoms with Crippen LogP contribution in [0.25, 0.3) is 16.9 Å². The normalized spacial score (nSPS) is 11.0. The van der Waals surface area contributed by atoms with Crippen LogP contribution in [0.4, 0.5) is 0 Å². The molecule has 2 aromatic heterocycles. The van der Waals surface area contributed by atoms with Crippen LogP contribution >= 0.6 is 0 Å². The van der Waals surface area contributed by atoms with Gasteiger partial charge in [-0.3, -0.25) is 9.78 Å². The van der Waals surface area contributed by atoms with Gasteiger partial charge in [0.05, 0.1) is 11.4 Å². The van der Waals surface area contributed by atoms with Gasteiger partial charge in [-0.1, -0.05) is 49.7 Å². The van der Waals surface area contributed by atoms with Gasteiger partial charge in [-0.15, -0.1) is 5.10 Å². The van der Waals surface area contributed by atoms with Crippen molar-refractivity contribution < 1.29 is 4.79 Å². The van der Waals surface area contributed by atoms with Gasteiger partial charge in [0, 0.05) is 29.8 Å². The Hall–Kier alpha value is -3.87. The van der Waals surface area contributed by atoms with Crippen LogP contribution in [0.5, 0.6) is 0 Å². The van der Waals surface area contributed by atoms with E-state index in [1.54, 1.807) is 4.68 Å². The summed E-state index contributed by atoms with van der Waals surface area (Å²) in [6.07, 6.45) is 1.82. The maximum atomic E-state index is 13.1. The van der Waals surface area contributed by atoms with Gasteiger partial charge in [0.25, 0.3) is 5.91 Å². The molecule has 32 heavy (non-hydrogen) atoms. The van der Waals surface area contributed by atoms with Crippen LogP contribution < -0.4 is 5.32 Å². The summed E-state index contributed by atoms with van der Waals surface area (Å²) in [4.78, 5) is 17.6. The third-order valence-corrected chi connectivity index (χ3v) is 5.22. The lowest BCUT2D eigenvalue weighted by Crippen LogP contribution is -2.23. The summed E-state index contributed by atoms with van der Waals surface area (Å²) in [5, 5.41) is 15.2. The van der Waals surface area contributed by atoms with Crippen molar-refractivity contribution in [1.82, 2.24) is 30.5 Å². The molecule has 0 radical (unpaired) electrons. The summed E-state index contributed by atoms with van der Waals surface area (Å²) < 4.78 is 1.68. The van der Waals surface area contributed by atoms with Crippen molar-refractivity contribution in [3.05, 3.63) is 88.9 Å². The highest BCUT2D eigenvalue weighted by Crippen LogP contribution is 2.25. The first kappa shape index (κ1) is 21.4. The number of aryl methyl sites for hydroxylation is 2. The zero-order valence-corrected chi connectivity index (χ0v) is 18.7. The van der Waals surface area contributed by atoms with Gasteiger partial charge < -0.3 is 5.32 Å². The van der Waals surface area contributed by atoms with Gasteiger partial charge in [0.15, 0.2) is 5.82 Å². The summed E-state index contributed by atoms with van der Waals surface area (Å²) in [7, 11) is 0. The minimum absolute atomic E-state index is 0.130. The zero-order chi connectivity index (χ0) is 22.7. The van der Waals surface area contributed by atoms with Crippen molar-refractivity contribution in [3.63, 3.8) is 0 Å². The Kier molecular flexibility index (Phi) is 6.07. The molecule has 0 spiro atoms. The Morgan fingerprint density at radius 3 is 2.44 bits per heavy atom. The Morgan fingerprint density at radius 1 is 1.00 bits per heavy atom. The highest BCUT2D eigenvalue weighted by atomic mass is 16.1. The Bertz CT molecular complexity index is 1230. The largest absolute Gasteiger partial charge is 0.348 e. The molecule has 4 rings (SSSR count). The van der Waals surface area contributed by atoms with Gasteiger partial charge in [-0.05, 0) is 59.7 Å². The molecule has 1 amide bonds. The fourth-order valence-electron chi connectivity index (χ4n) is 3.38. The average molecular weight is 427 g/mol. The molecule has 0 fully saturated rings. The van der Waals surface area contributed by atoms with Crippen LogP contribution in [0, 0.1) is 13.8 Å². The maximum Gasteiger partial charge on any atom is 0.251 e. The van der Waals surface area contributed by atoms with E-state index in [0.717, 1.165) is 33.9 Å². The molecule has 0 atom stereocenters. The molecule has 0 bridgehead atoms. The SMILES string of the molecule is Cc1ccc(CNC(=O)c2cc(-c3ccc(C)cn3)cc(-n3nnnc3C(C)C)c2)cc1. The van der Waals surface area contributed by atoms with Crippen molar-refractivity contribution in [2.24, 2.45) is 0 Å². The number of aromatic nitrogens is 5. The topological polar surface area (TPSA) is 85.6 Å². The third-order valence-electron chi connectivity index (χ3n) is 5.22. The van der Waals surface area contributed by atoms with Gasteiger partial charge in [0.2, 0.25) is 0 Å². The molecule has 0 unspecified atom stereocenters. The number of carbonyl (C=O) groups excluding carboxylic acids is 1. The van der Waals surface area contributed by atoms with Crippen molar-refractivity contribution >= 4 is 5.91 Å². The fraction of sp³-hybridized carbons (Fsp3) is 0.240. The van der Waals surface area contributed by atoms with Crippen LogP contribution in [-0.2, 0) is 6.54 Å². The second-order valence-corrected chi connectivity index (χ2v) is 8.26. The minimum Gasteiger partial charge on any atom is -0.348 e. The highest BCUT2D eigenvalue weighted by Gasteiger charge is 2.16. The molecule has 0 aliphatic rings. The number of rotatable bonds is 6. The second kappa shape index (κ2) is 9.09. The van der Waals surface area contributed by atoms with E-state index < -0.39 is 0 Å².